The first kappa shape index (κ1) is 29.0. The van der Waals surface area contributed by atoms with E-state index in [1.807, 2.05) is 95.9 Å². The molecular weight excluding hydrogens is 520 g/mol. The highest BCUT2D eigenvalue weighted by Crippen LogP contribution is 2.23. The Kier molecular flexibility index (Phi) is 10.3. The van der Waals surface area contributed by atoms with Crippen LogP contribution in [0.1, 0.15) is 39.9 Å². The van der Waals surface area contributed by atoms with Gasteiger partial charge in [0.25, 0.3) is 5.91 Å². The molecule has 1 aliphatic rings. The maximum Gasteiger partial charge on any atom is 0.251 e. The van der Waals surface area contributed by atoms with E-state index in [1.54, 1.807) is 18.5 Å². The Morgan fingerprint density at radius 2 is 1.57 bits per heavy atom. The van der Waals surface area contributed by atoms with Gasteiger partial charge in [-0.25, -0.2) is 0 Å². The van der Waals surface area contributed by atoms with Crippen molar-refractivity contribution in [3.8, 4) is 11.1 Å². The second kappa shape index (κ2) is 14.9. The predicted molar refractivity (Wildman–Crippen MR) is 169 cm³/mol. The van der Waals surface area contributed by atoms with Gasteiger partial charge in [0.2, 0.25) is 5.91 Å². The minimum absolute atomic E-state index is 0.0362. The second-order valence-electron chi connectivity index (χ2n) is 10.7. The first-order valence-electron chi connectivity index (χ1n) is 14.7. The van der Waals surface area contributed by atoms with Gasteiger partial charge >= 0.3 is 0 Å². The molecule has 5 rings (SSSR count). The van der Waals surface area contributed by atoms with E-state index in [4.69, 9.17) is 0 Å². The van der Waals surface area contributed by atoms with Crippen molar-refractivity contribution in [2.24, 2.45) is 0 Å². The first-order chi connectivity index (χ1) is 20.6. The van der Waals surface area contributed by atoms with Crippen molar-refractivity contribution in [1.29, 1.82) is 0 Å². The maximum absolute atomic E-state index is 13.4. The molecule has 4 aromatic rings. The zero-order chi connectivity index (χ0) is 29.0. The summed E-state index contributed by atoms with van der Waals surface area (Å²) in [4.78, 5) is 34.6. The molecule has 0 radical (unpaired) electrons. The summed E-state index contributed by atoms with van der Waals surface area (Å²) in [7, 11) is 0. The lowest BCUT2D eigenvalue weighted by atomic mass is 10.0. The molecule has 0 spiro atoms. The zero-order valence-corrected chi connectivity index (χ0v) is 24.0. The van der Waals surface area contributed by atoms with Crippen LogP contribution in [0.15, 0.2) is 109 Å². The Hall–Kier alpha value is -4.55. The van der Waals surface area contributed by atoms with Gasteiger partial charge in [-0.1, -0.05) is 60.7 Å². The largest absolute Gasteiger partial charge is 0.351 e. The number of benzene rings is 3. The number of nitrogens with zero attached hydrogens (tertiary/aromatic N) is 3. The molecule has 3 aromatic carbocycles. The summed E-state index contributed by atoms with van der Waals surface area (Å²) in [5.74, 6) is -0.0869. The van der Waals surface area contributed by atoms with E-state index in [0.717, 1.165) is 53.9 Å². The smallest absolute Gasteiger partial charge is 0.251 e. The molecule has 0 atom stereocenters. The van der Waals surface area contributed by atoms with Crippen molar-refractivity contribution in [2.75, 3.05) is 32.7 Å². The summed E-state index contributed by atoms with van der Waals surface area (Å²) >= 11 is 0. The number of hydrogen-bond donors (Lipinski definition) is 1. The van der Waals surface area contributed by atoms with Gasteiger partial charge in [0.05, 0.1) is 0 Å². The van der Waals surface area contributed by atoms with Crippen LogP contribution in [0.4, 0.5) is 0 Å². The molecule has 214 valence electrons. The molecule has 0 unspecified atom stereocenters. The third kappa shape index (κ3) is 8.48. The highest BCUT2D eigenvalue weighted by Gasteiger charge is 2.14. The van der Waals surface area contributed by atoms with Crippen LogP contribution in [0.25, 0.3) is 17.2 Å². The van der Waals surface area contributed by atoms with Crippen LogP contribution in [0.2, 0.25) is 0 Å². The fourth-order valence-electron chi connectivity index (χ4n) is 5.26. The van der Waals surface area contributed by atoms with Gasteiger partial charge in [-0.05, 0) is 96.6 Å². The Bertz CT molecular complexity index is 1480. The molecule has 6 heteroatoms. The van der Waals surface area contributed by atoms with Crippen LogP contribution >= 0.6 is 0 Å². The van der Waals surface area contributed by atoms with Crippen LogP contribution < -0.4 is 5.32 Å². The number of carbonyl (C=O) groups excluding carboxylic acids is 2. The molecule has 1 saturated heterocycles. The summed E-state index contributed by atoms with van der Waals surface area (Å²) in [6.45, 7) is 4.85. The lowest BCUT2D eigenvalue weighted by Crippen LogP contribution is -2.33. The minimum Gasteiger partial charge on any atom is -0.351 e. The van der Waals surface area contributed by atoms with Crippen LogP contribution in [0, 0.1) is 0 Å². The molecule has 1 aliphatic heterocycles. The third-order valence-corrected chi connectivity index (χ3v) is 7.62. The van der Waals surface area contributed by atoms with Gasteiger partial charge in [0.15, 0.2) is 0 Å². The molecule has 6 nitrogen and oxygen atoms in total. The van der Waals surface area contributed by atoms with Crippen molar-refractivity contribution < 1.29 is 9.59 Å². The Morgan fingerprint density at radius 1 is 0.833 bits per heavy atom. The van der Waals surface area contributed by atoms with Gasteiger partial charge in [-0.2, -0.15) is 0 Å². The molecule has 0 aliphatic carbocycles. The summed E-state index contributed by atoms with van der Waals surface area (Å²) in [6.07, 6.45) is 10.3. The second-order valence-corrected chi connectivity index (χ2v) is 10.7. The Labute approximate surface area is 248 Å². The normalized spacial score (nSPS) is 13.3. The molecule has 0 bridgehead atoms. The molecule has 42 heavy (non-hydrogen) atoms. The molecule has 2 amide bonds. The predicted octanol–water partition coefficient (Wildman–Crippen LogP) is 5.86. The van der Waals surface area contributed by atoms with Gasteiger partial charge in [0.1, 0.15) is 0 Å². The van der Waals surface area contributed by atoms with Crippen LogP contribution in [0.3, 0.4) is 0 Å². The van der Waals surface area contributed by atoms with E-state index >= 15 is 0 Å². The van der Waals surface area contributed by atoms with Crippen molar-refractivity contribution in [3.05, 3.63) is 132 Å². The van der Waals surface area contributed by atoms with Crippen LogP contribution in [-0.2, 0) is 17.8 Å². The molecule has 1 N–H and O–H groups in total. The monoisotopic (exact) mass is 558 g/mol. The van der Waals surface area contributed by atoms with E-state index in [-0.39, 0.29) is 11.8 Å². The molecule has 1 aromatic heterocycles. The van der Waals surface area contributed by atoms with E-state index in [1.165, 1.54) is 12.8 Å². The summed E-state index contributed by atoms with van der Waals surface area (Å²) in [5, 5.41) is 3.07. The number of pyridine rings is 1. The fourth-order valence-corrected chi connectivity index (χ4v) is 5.26. The molecule has 1 fully saturated rings. The maximum atomic E-state index is 13.4. The summed E-state index contributed by atoms with van der Waals surface area (Å²) < 4.78 is 0. The SMILES string of the molecule is O=C(NCCN1CCCC1)c1cccc(-c2cccc(CN(CCc3ccncc3)C(=O)/C=C/c3ccccc3)c2)c1. The average molecular weight is 559 g/mol. The van der Waals surface area contributed by atoms with E-state index in [9.17, 15) is 9.59 Å². The lowest BCUT2D eigenvalue weighted by Gasteiger charge is -2.22. The summed E-state index contributed by atoms with van der Waals surface area (Å²) in [6, 6.07) is 29.8. The highest BCUT2D eigenvalue weighted by atomic mass is 16.2. The molecular formula is C36H38N4O2. The first-order valence-corrected chi connectivity index (χ1v) is 14.7. The summed E-state index contributed by atoms with van der Waals surface area (Å²) in [5.41, 5.74) is 5.80. The van der Waals surface area contributed by atoms with Gasteiger partial charge in [-0.15, -0.1) is 0 Å². The topological polar surface area (TPSA) is 65.5 Å². The standard InChI is InChI=1S/C36H38N4O2/c41-35(15-14-29-8-2-1-3-9-29)40(24-18-30-16-19-37-20-17-30)28-31-10-6-11-32(26-31)33-12-7-13-34(27-33)36(42)38-21-25-39-22-4-5-23-39/h1-3,6-17,19-20,26-27H,4-5,18,21-25,28H2,(H,38,42)/b15-14+. The number of carbonyl (C=O) groups is 2. The number of likely N-dealkylation sites (tertiary alicyclic amines) is 1. The molecule has 2 heterocycles. The highest BCUT2D eigenvalue weighted by molar-refractivity contribution is 5.95. The van der Waals surface area contributed by atoms with Crippen molar-refractivity contribution >= 4 is 17.9 Å². The lowest BCUT2D eigenvalue weighted by molar-refractivity contribution is -0.126. The van der Waals surface area contributed by atoms with Crippen molar-refractivity contribution in [1.82, 2.24) is 20.1 Å². The van der Waals surface area contributed by atoms with Gasteiger partial charge in [0, 0.05) is 50.2 Å². The van der Waals surface area contributed by atoms with Crippen molar-refractivity contribution in [3.63, 3.8) is 0 Å². The number of aromatic nitrogens is 1. The number of rotatable bonds is 12. The van der Waals surface area contributed by atoms with Gasteiger partial charge in [-0.3, -0.25) is 14.6 Å². The van der Waals surface area contributed by atoms with Crippen molar-refractivity contribution in [2.45, 2.75) is 25.8 Å². The van der Waals surface area contributed by atoms with Crippen LogP contribution in [0.5, 0.6) is 0 Å². The minimum atomic E-state index is -0.0507. The van der Waals surface area contributed by atoms with E-state index in [2.05, 4.69) is 21.3 Å². The van der Waals surface area contributed by atoms with Crippen LogP contribution in [-0.4, -0.2) is 59.3 Å². The Morgan fingerprint density at radius 3 is 2.36 bits per heavy atom. The number of hydrogen-bond acceptors (Lipinski definition) is 4. The van der Waals surface area contributed by atoms with E-state index < -0.39 is 0 Å². The van der Waals surface area contributed by atoms with Gasteiger partial charge < -0.3 is 15.1 Å². The average Bonchev–Trinajstić information content (AvgIpc) is 3.57. The number of amides is 2. The number of nitrogens with one attached hydrogen (secondary N) is 1. The Balaban J connectivity index is 1.28. The van der Waals surface area contributed by atoms with E-state index in [0.29, 0.717) is 25.2 Å². The fraction of sp³-hybridized carbons (Fsp3) is 0.250. The molecule has 0 saturated carbocycles. The zero-order valence-electron chi connectivity index (χ0n) is 24.0. The quantitative estimate of drug-likeness (QED) is 0.221. The third-order valence-electron chi connectivity index (χ3n) is 7.62.